The Bertz CT molecular complexity index is 301. The van der Waals surface area contributed by atoms with Crippen LogP contribution in [0.2, 0.25) is 0 Å². The lowest BCUT2D eigenvalue weighted by Crippen LogP contribution is -2.17. The maximum atomic E-state index is 11.8. The zero-order valence-electron chi connectivity index (χ0n) is 6.91. The number of alkyl halides is 3. The van der Waals surface area contributed by atoms with Gasteiger partial charge < -0.3 is 4.74 Å². The summed E-state index contributed by atoms with van der Waals surface area (Å²) in [6.07, 6.45) is -4.63. The molecule has 0 aliphatic heterocycles. The maximum Gasteiger partial charge on any atom is 0.573 e. The molecule has 0 spiro atoms. The van der Waals surface area contributed by atoms with Crippen molar-refractivity contribution in [2.24, 2.45) is 0 Å². The second kappa shape index (κ2) is 4.84. The molecule has 0 unspecified atom stereocenters. The normalized spacial score (nSPS) is 11.4. The van der Waals surface area contributed by atoms with Gasteiger partial charge in [0.25, 0.3) is 0 Å². The molecule has 0 bridgehead atoms. The van der Waals surface area contributed by atoms with Crippen LogP contribution < -0.4 is 4.74 Å². The molecule has 0 atom stereocenters. The molecule has 0 heterocycles. The van der Waals surface area contributed by atoms with Crippen LogP contribution in [-0.2, 0) is 5.75 Å². The van der Waals surface area contributed by atoms with Gasteiger partial charge in [0.1, 0.15) is 5.75 Å². The van der Waals surface area contributed by atoms with E-state index < -0.39 is 6.36 Å². The minimum atomic E-state index is -4.63. The number of hydrogen-bond acceptors (Lipinski definition) is 3. The summed E-state index contributed by atoms with van der Waals surface area (Å²) in [5, 5.41) is 0. The number of halogens is 3. The molecule has 0 fully saturated rings. The molecule has 14 heavy (non-hydrogen) atoms. The van der Waals surface area contributed by atoms with Crippen LogP contribution in [-0.4, -0.2) is 6.36 Å². The molecule has 0 N–H and O–H groups in total. The third-order valence-corrected chi connectivity index (χ3v) is 2.21. The smallest absolute Gasteiger partial charge is 0.406 e. The summed E-state index contributed by atoms with van der Waals surface area (Å²) in [7, 11) is 1.24. The van der Waals surface area contributed by atoms with Crippen molar-refractivity contribution in [2.75, 3.05) is 0 Å². The first kappa shape index (κ1) is 11.6. The van der Waals surface area contributed by atoms with E-state index in [2.05, 4.69) is 16.4 Å². The fraction of sp³-hybridized carbons (Fsp3) is 0.250. The lowest BCUT2D eigenvalue weighted by molar-refractivity contribution is -0.274. The van der Waals surface area contributed by atoms with Gasteiger partial charge in [-0.1, -0.05) is 22.9 Å². The van der Waals surface area contributed by atoms with E-state index in [0.717, 1.165) is 5.56 Å². The SMILES string of the molecule is FC(F)(F)Oc1cccc(CSS)c1. The molecule has 0 saturated heterocycles. The molecular formula is C8H7F3OS2. The van der Waals surface area contributed by atoms with Crippen LogP contribution >= 0.6 is 22.5 Å². The van der Waals surface area contributed by atoms with Crippen molar-refractivity contribution < 1.29 is 17.9 Å². The van der Waals surface area contributed by atoms with Crippen LogP contribution in [0.15, 0.2) is 24.3 Å². The third kappa shape index (κ3) is 4.15. The molecule has 0 saturated carbocycles. The van der Waals surface area contributed by atoms with E-state index in [1.807, 2.05) is 0 Å². The Morgan fingerprint density at radius 2 is 2.07 bits per heavy atom. The van der Waals surface area contributed by atoms with E-state index in [0.29, 0.717) is 5.75 Å². The maximum absolute atomic E-state index is 11.8. The molecular weight excluding hydrogens is 233 g/mol. The van der Waals surface area contributed by atoms with Gasteiger partial charge in [0.2, 0.25) is 0 Å². The number of thiol groups is 1. The first-order valence-corrected chi connectivity index (χ1v) is 5.66. The number of ether oxygens (including phenoxy) is 1. The topological polar surface area (TPSA) is 9.23 Å². The van der Waals surface area contributed by atoms with Gasteiger partial charge in [-0.05, 0) is 17.7 Å². The van der Waals surface area contributed by atoms with Crippen molar-refractivity contribution in [3.63, 3.8) is 0 Å². The molecule has 0 aliphatic carbocycles. The summed E-state index contributed by atoms with van der Waals surface area (Å²) in [6, 6.07) is 5.84. The first-order chi connectivity index (χ1) is 6.51. The molecule has 1 aromatic carbocycles. The standard InChI is InChI=1S/C8H7F3OS2/c9-8(10,11)12-7-3-1-2-6(4-7)5-14-13/h1-4,13H,5H2. The number of rotatable bonds is 3. The molecule has 0 aromatic heterocycles. The Labute approximate surface area is 88.4 Å². The van der Waals surface area contributed by atoms with Crippen molar-refractivity contribution in [1.82, 2.24) is 0 Å². The summed E-state index contributed by atoms with van der Waals surface area (Å²) in [5.74, 6) is 0.343. The van der Waals surface area contributed by atoms with Crippen LogP contribution in [0.25, 0.3) is 0 Å². The molecule has 78 valence electrons. The van der Waals surface area contributed by atoms with Gasteiger partial charge in [-0.15, -0.1) is 24.8 Å². The number of benzene rings is 1. The molecule has 1 nitrogen and oxygen atoms in total. The second-order valence-corrected chi connectivity index (χ2v) is 3.79. The predicted molar refractivity (Wildman–Crippen MR) is 53.4 cm³/mol. The van der Waals surface area contributed by atoms with E-state index in [1.165, 1.54) is 29.0 Å². The largest absolute Gasteiger partial charge is 0.573 e. The number of hydrogen-bond donors (Lipinski definition) is 1. The Balaban J connectivity index is 2.73. The molecule has 1 rings (SSSR count). The minimum absolute atomic E-state index is 0.197. The van der Waals surface area contributed by atoms with E-state index in [-0.39, 0.29) is 5.75 Å². The first-order valence-electron chi connectivity index (χ1n) is 3.62. The molecule has 0 aliphatic rings. The van der Waals surface area contributed by atoms with Gasteiger partial charge in [0.05, 0.1) is 0 Å². The lowest BCUT2D eigenvalue weighted by Gasteiger charge is -2.09. The van der Waals surface area contributed by atoms with E-state index in [9.17, 15) is 13.2 Å². The Hall–Kier alpha value is -0.490. The van der Waals surface area contributed by atoms with Crippen molar-refractivity contribution >= 4 is 22.5 Å². The van der Waals surface area contributed by atoms with Crippen LogP contribution in [0.5, 0.6) is 5.75 Å². The second-order valence-electron chi connectivity index (χ2n) is 2.47. The highest BCUT2D eigenvalue weighted by Crippen LogP contribution is 2.25. The van der Waals surface area contributed by atoms with Crippen molar-refractivity contribution in [1.29, 1.82) is 0 Å². The average Bonchev–Trinajstić information content (AvgIpc) is 2.02. The molecule has 0 amide bonds. The predicted octanol–water partition coefficient (Wildman–Crippen LogP) is 3.66. The van der Waals surface area contributed by atoms with Crippen LogP contribution in [0.1, 0.15) is 5.56 Å². The van der Waals surface area contributed by atoms with Gasteiger partial charge in [0, 0.05) is 5.75 Å². The van der Waals surface area contributed by atoms with Gasteiger partial charge >= 0.3 is 6.36 Å². The van der Waals surface area contributed by atoms with Gasteiger partial charge in [-0.25, -0.2) is 0 Å². The van der Waals surface area contributed by atoms with Crippen molar-refractivity contribution in [3.8, 4) is 5.75 Å². The highest BCUT2D eigenvalue weighted by atomic mass is 33.1. The Kier molecular flexibility index (Phi) is 4.00. The quantitative estimate of drug-likeness (QED) is 0.637. The fourth-order valence-corrected chi connectivity index (χ4v) is 1.68. The molecule has 1 aromatic rings. The van der Waals surface area contributed by atoms with Gasteiger partial charge in [-0.2, -0.15) is 0 Å². The van der Waals surface area contributed by atoms with E-state index in [4.69, 9.17) is 0 Å². The molecule has 6 heteroatoms. The van der Waals surface area contributed by atoms with Gasteiger partial charge in [0.15, 0.2) is 0 Å². The summed E-state index contributed by atoms with van der Waals surface area (Å²) >= 11 is 3.91. The van der Waals surface area contributed by atoms with Crippen molar-refractivity contribution in [2.45, 2.75) is 12.1 Å². The van der Waals surface area contributed by atoms with E-state index in [1.54, 1.807) is 6.07 Å². The van der Waals surface area contributed by atoms with Crippen LogP contribution in [0, 0.1) is 0 Å². The van der Waals surface area contributed by atoms with E-state index >= 15 is 0 Å². The summed E-state index contributed by atoms with van der Waals surface area (Å²) in [4.78, 5) is 0. The van der Waals surface area contributed by atoms with Gasteiger partial charge in [-0.3, -0.25) is 0 Å². The van der Waals surface area contributed by atoms with Crippen LogP contribution in [0.4, 0.5) is 13.2 Å². The van der Waals surface area contributed by atoms with Crippen molar-refractivity contribution in [3.05, 3.63) is 29.8 Å². The third-order valence-electron chi connectivity index (χ3n) is 1.36. The Morgan fingerprint density at radius 3 is 2.64 bits per heavy atom. The highest BCUT2D eigenvalue weighted by molar-refractivity contribution is 8.68. The minimum Gasteiger partial charge on any atom is -0.406 e. The molecule has 0 radical (unpaired) electrons. The Morgan fingerprint density at radius 1 is 1.36 bits per heavy atom. The zero-order chi connectivity index (χ0) is 10.6. The average molecular weight is 240 g/mol. The zero-order valence-corrected chi connectivity index (χ0v) is 8.63. The lowest BCUT2D eigenvalue weighted by atomic mass is 10.2. The summed E-state index contributed by atoms with van der Waals surface area (Å²) in [6.45, 7) is 0. The summed E-state index contributed by atoms with van der Waals surface area (Å²) in [5.41, 5.74) is 0.742. The monoisotopic (exact) mass is 240 g/mol. The highest BCUT2D eigenvalue weighted by Gasteiger charge is 2.30. The van der Waals surface area contributed by atoms with Crippen LogP contribution in [0.3, 0.4) is 0 Å². The summed E-state index contributed by atoms with van der Waals surface area (Å²) < 4.78 is 39.2. The fourth-order valence-electron chi connectivity index (χ4n) is 0.907.